The molecule has 1 fully saturated rings. The maximum absolute atomic E-state index is 12.5. The second-order valence-corrected chi connectivity index (χ2v) is 8.03. The number of amides is 1. The highest BCUT2D eigenvalue weighted by molar-refractivity contribution is 7.99. The Morgan fingerprint density at radius 3 is 2.67 bits per heavy atom. The summed E-state index contributed by atoms with van der Waals surface area (Å²) >= 11 is 3.09. The Bertz CT molecular complexity index is 875. The lowest BCUT2D eigenvalue weighted by atomic mass is 10.2. The summed E-state index contributed by atoms with van der Waals surface area (Å²) in [6, 6.07) is 14.3. The van der Waals surface area contributed by atoms with Gasteiger partial charge < -0.3 is 9.64 Å². The summed E-state index contributed by atoms with van der Waals surface area (Å²) < 4.78 is 7.41. The normalized spacial score (nSPS) is 14.4. The molecule has 0 saturated carbocycles. The predicted molar refractivity (Wildman–Crippen MR) is 107 cm³/mol. The van der Waals surface area contributed by atoms with E-state index in [9.17, 15) is 4.79 Å². The Morgan fingerprint density at radius 2 is 1.93 bits per heavy atom. The summed E-state index contributed by atoms with van der Waals surface area (Å²) in [6.07, 6.45) is 0. The van der Waals surface area contributed by atoms with Crippen LogP contribution in [-0.2, 0) is 16.1 Å². The molecule has 8 heteroatoms. The van der Waals surface area contributed by atoms with Crippen LogP contribution < -0.4 is 0 Å². The zero-order valence-corrected chi connectivity index (χ0v) is 16.4. The number of thioether (sulfide) groups is 1. The highest BCUT2D eigenvalue weighted by atomic mass is 32.2. The molecule has 0 radical (unpaired) electrons. The predicted octanol–water partition coefficient (Wildman–Crippen LogP) is 3.01. The number of aromatic nitrogens is 3. The fourth-order valence-electron chi connectivity index (χ4n) is 2.92. The lowest BCUT2D eigenvalue weighted by Crippen LogP contribution is -2.41. The Balaban J connectivity index is 1.53. The summed E-state index contributed by atoms with van der Waals surface area (Å²) in [5, 5.41) is 11.6. The van der Waals surface area contributed by atoms with Crippen LogP contribution in [0.3, 0.4) is 0 Å². The quantitative estimate of drug-likeness (QED) is 0.596. The number of nitrogens with zero attached hydrogens (tertiary/aromatic N) is 4. The van der Waals surface area contributed by atoms with Gasteiger partial charge in [0.15, 0.2) is 11.0 Å². The van der Waals surface area contributed by atoms with Crippen LogP contribution in [0.4, 0.5) is 0 Å². The van der Waals surface area contributed by atoms with E-state index in [4.69, 9.17) is 4.74 Å². The molecule has 4 rings (SSSR count). The maximum Gasteiger partial charge on any atom is 0.233 e. The number of benzene rings is 1. The summed E-state index contributed by atoms with van der Waals surface area (Å²) in [5.41, 5.74) is 1.18. The zero-order chi connectivity index (χ0) is 18.5. The number of ether oxygens (including phenoxy) is 1. The van der Waals surface area contributed by atoms with Crippen LogP contribution in [0.5, 0.6) is 0 Å². The van der Waals surface area contributed by atoms with E-state index in [0.717, 1.165) is 15.9 Å². The SMILES string of the molecule is O=C(CSc1nnc(-c2cccs2)n1Cc1ccccc1)N1CCOCC1. The van der Waals surface area contributed by atoms with E-state index < -0.39 is 0 Å². The van der Waals surface area contributed by atoms with Gasteiger partial charge >= 0.3 is 0 Å². The van der Waals surface area contributed by atoms with Crippen molar-refractivity contribution in [2.24, 2.45) is 0 Å². The summed E-state index contributed by atoms with van der Waals surface area (Å²) in [4.78, 5) is 15.4. The molecule has 1 aliphatic rings. The molecule has 1 aliphatic heterocycles. The molecule has 0 spiro atoms. The summed E-state index contributed by atoms with van der Waals surface area (Å²) in [5.74, 6) is 1.32. The van der Waals surface area contributed by atoms with Gasteiger partial charge in [-0.05, 0) is 17.0 Å². The van der Waals surface area contributed by atoms with Gasteiger partial charge in [-0.25, -0.2) is 0 Å². The average molecular weight is 401 g/mol. The first-order valence-electron chi connectivity index (χ1n) is 8.80. The molecule has 2 aromatic heterocycles. The monoisotopic (exact) mass is 400 g/mol. The number of carbonyl (C=O) groups is 1. The van der Waals surface area contributed by atoms with Gasteiger partial charge in [-0.1, -0.05) is 48.2 Å². The largest absolute Gasteiger partial charge is 0.378 e. The van der Waals surface area contributed by atoms with Crippen molar-refractivity contribution >= 4 is 29.0 Å². The van der Waals surface area contributed by atoms with Gasteiger partial charge in [-0.15, -0.1) is 21.5 Å². The molecule has 0 atom stereocenters. The minimum absolute atomic E-state index is 0.121. The molecule has 1 aromatic carbocycles. The fourth-order valence-corrected chi connectivity index (χ4v) is 4.48. The van der Waals surface area contributed by atoms with E-state index in [2.05, 4.69) is 26.9 Å². The van der Waals surface area contributed by atoms with E-state index in [1.807, 2.05) is 40.6 Å². The van der Waals surface area contributed by atoms with Gasteiger partial charge in [0.2, 0.25) is 5.91 Å². The van der Waals surface area contributed by atoms with E-state index in [0.29, 0.717) is 38.6 Å². The van der Waals surface area contributed by atoms with Crippen molar-refractivity contribution in [2.75, 3.05) is 32.1 Å². The van der Waals surface area contributed by atoms with Crippen molar-refractivity contribution in [3.63, 3.8) is 0 Å². The Hall–Kier alpha value is -2.16. The van der Waals surface area contributed by atoms with E-state index in [1.54, 1.807) is 11.3 Å². The van der Waals surface area contributed by atoms with Crippen molar-refractivity contribution < 1.29 is 9.53 Å². The Morgan fingerprint density at radius 1 is 1.11 bits per heavy atom. The maximum atomic E-state index is 12.5. The molecular formula is C19H20N4O2S2. The van der Waals surface area contributed by atoms with Gasteiger partial charge in [-0.3, -0.25) is 9.36 Å². The molecule has 6 nitrogen and oxygen atoms in total. The van der Waals surface area contributed by atoms with Crippen molar-refractivity contribution in [1.29, 1.82) is 0 Å². The molecule has 0 aliphatic carbocycles. The van der Waals surface area contributed by atoms with Crippen molar-refractivity contribution in [1.82, 2.24) is 19.7 Å². The smallest absolute Gasteiger partial charge is 0.233 e. The lowest BCUT2D eigenvalue weighted by Gasteiger charge is -2.26. The topological polar surface area (TPSA) is 60.2 Å². The Kier molecular flexibility index (Phi) is 5.86. The van der Waals surface area contributed by atoms with Gasteiger partial charge in [-0.2, -0.15) is 0 Å². The first kappa shape index (κ1) is 18.2. The van der Waals surface area contributed by atoms with Crippen LogP contribution in [0.1, 0.15) is 5.56 Å². The molecule has 140 valence electrons. The average Bonchev–Trinajstić information content (AvgIpc) is 3.38. The standard InChI is InChI=1S/C19H20N4O2S2/c24-17(22-8-10-25-11-9-22)14-27-19-21-20-18(16-7-4-12-26-16)23(19)13-15-5-2-1-3-6-15/h1-7,12H,8-11,13-14H2. The van der Waals surface area contributed by atoms with E-state index in [-0.39, 0.29) is 5.91 Å². The molecule has 3 heterocycles. The van der Waals surface area contributed by atoms with Gasteiger partial charge in [0, 0.05) is 13.1 Å². The molecule has 0 bridgehead atoms. The molecular weight excluding hydrogens is 380 g/mol. The summed E-state index contributed by atoms with van der Waals surface area (Å²) in [6.45, 7) is 3.23. The molecule has 0 unspecified atom stereocenters. The van der Waals surface area contributed by atoms with Crippen LogP contribution in [0.15, 0.2) is 53.0 Å². The lowest BCUT2D eigenvalue weighted by molar-refractivity contribution is -0.132. The third kappa shape index (κ3) is 4.40. The second-order valence-electron chi connectivity index (χ2n) is 6.14. The number of thiophene rings is 1. The summed E-state index contributed by atoms with van der Waals surface area (Å²) in [7, 11) is 0. The van der Waals surface area contributed by atoms with Crippen LogP contribution in [-0.4, -0.2) is 57.6 Å². The number of morpholine rings is 1. The van der Waals surface area contributed by atoms with Crippen molar-refractivity contribution in [2.45, 2.75) is 11.7 Å². The van der Waals surface area contributed by atoms with Crippen LogP contribution in [0.2, 0.25) is 0 Å². The first-order valence-corrected chi connectivity index (χ1v) is 10.7. The molecule has 3 aromatic rings. The first-order chi connectivity index (χ1) is 13.3. The van der Waals surface area contributed by atoms with Crippen LogP contribution >= 0.6 is 23.1 Å². The number of rotatable bonds is 6. The molecule has 27 heavy (non-hydrogen) atoms. The van der Waals surface area contributed by atoms with Gasteiger partial charge in [0.25, 0.3) is 0 Å². The molecule has 1 saturated heterocycles. The third-order valence-corrected chi connectivity index (χ3v) is 6.15. The van der Waals surface area contributed by atoms with Crippen molar-refractivity contribution in [3.8, 4) is 10.7 Å². The van der Waals surface area contributed by atoms with Crippen LogP contribution in [0, 0.1) is 0 Å². The highest BCUT2D eigenvalue weighted by Gasteiger charge is 2.20. The molecule has 0 N–H and O–H groups in total. The molecule has 1 amide bonds. The zero-order valence-electron chi connectivity index (χ0n) is 14.8. The van der Waals surface area contributed by atoms with Crippen LogP contribution in [0.25, 0.3) is 10.7 Å². The van der Waals surface area contributed by atoms with Gasteiger partial charge in [0.1, 0.15) is 0 Å². The Labute approximate surface area is 166 Å². The number of hydrogen-bond acceptors (Lipinski definition) is 6. The number of carbonyl (C=O) groups excluding carboxylic acids is 1. The minimum atomic E-state index is 0.121. The fraction of sp³-hybridized carbons (Fsp3) is 0.316. The third-order valence-electron chi connectivity index (χ3n) is 4.33. The highest BCUT2D eigenvalue weighted by Crippen LogP contribution is 2.28. The van der Waals surface area contributed by atoms with E-state index in [1.165, 1.54) is 17.3 Å². The number of hydrogen-bond donors (Lipinski definition) is 0. The van der Waals surface area contributed by atoms with Crippen molar-refractivity contribution in [3.05, 3.63) is 53.4 Å². The minimum Gasteiger partial charge on any atom is -0.378 e. The van der Waals surface area contributed by atoms with Gasteiger partial charge in [0.05, 0.1) is 30.4 Å². The second kappa shape index (κ2) is 8.69. The van der Waals surface area contributed by atoms with E-state index >= 15 is 0 Å².